The smallest absolute Gasteiger partial charge is 0.407 e. The predicted octanol–water partition coefficient (Wildman–Crippen LogP) is -0.482. The number of halogens is 2. The predicted molar refractivity (Wildman–Crippen MR) is 94.2 cm³/mol. The minimum absolute atomic E-state index is 0.153. The first kappa shape index (κ1) is 26.5. The van der Waals surface area contributed by atoms with Gasteiger partial charge in [0.05, 0.1) is 6.42 Å². The summed E-state index contributed by atoms with van der Waals surface area (Å²) in [6.45, 7) is 2.11. The molecule has 168 valence electrons. The molecule has 2 unspecified atom stereocenters. The summed E-state index contributed by atoms with van der Waals surface area (Å²) in [6.07, 6.45) is -6.90. The van der Waals surface area contributed by atoms with E-state index in [2.05, 4.69) is 10.6 Å². The zero-order valence-electron chi connectivity index (χ0n) is 16.1. The van der Waals surface area contributed by atoms with Gasteiger partial charge in [0.25, 0.3) is 6.43 Å². The van der Waals surface area contributed by atoms with Crippen molar-refractivity contribution >= 4 is 23.9 Å². The molecule has 2 atom stereocenters. The third kappa shape index (κ3) is 9.00. The molecule has 0 aromatic carbocycles. The van der Waals surface area contributed by atoms with E-state index in [0.29, 0.717) is 0 Å². The molecule has 11 nitrogen and oxygen atoms in total. The highest BCUT2D eigenvalue weighted by Gasteiger charge is 2.43. The summed E-state index contributed by atoms with van der Waals surface area (Å²) in [5.41, 5.74) is 1.21. The summed E-state index contributed by atoms with van der Waals surface area (Å²) in [5.74, 6) is -3.81. The van der Waals surface area contributed by atoms with Crippen LogP contribution in [0.1, 0.15) is 33.1 Å². The van der Waals surface area contributed by atoms with Gasteiger partial charge in [0.15, 0.2) is 5.54 Å². The molecule has 0 aliphatic heterocycles. The highest BCUT2D eigenvalue weighted by Crippen LogP contribution is 2.22. The Bertz CT molecular complexity index is 603. The zero-order valence-corrected chi connectivity index (χ0v) is 16.1. The van der Waals surface area contributed by atoms with Crippen molar-refractivity contribution in [2.45, 2.75) is 51.2 Å². The van der Waals surface area contributed by atoms with Gasteiger partial charge < -0.3 is 36.4 Å². The van der Waals surface area contributed by atoms with Crippen molar-refractivity contribution in [3.8, 4) is 0 Å². The molecule has 0 radical (unpaired) electrons. The first-order valence-electron chi connectivity index (χ1n) is 8.62. The van der Waals surface area contributed by atoms with E-state index in [1.807, 2.05) is 0 Å². The van der Waals surface area contributed by atoms with Gasteiger partial charge in [-0.15, -0.1) is 0 Å². The van der Waals surface area contributed by atoms with Gasteiger partial charge in [0, 0.05) is 18.5 Å². The Balaban J connectivity index is 4.35. The third-order valence-electron chi connectivity index (χ3n) is 4.03. The van der Waals surface area contributed by atoms with E-state index in [0.717, 1.165) is 0 Å². The molecule has 0 saturated heterocycles. The van der Waals surface area contributed by atoms with Crippen molar-refractivity contribution in [2.75, 3.05) is 19.7 Å². The molecule has 0 aromatic heterocycles. The van der Waals surface area contributed by atoms with Gasteiger partial charge in [-0.25, -0.2) is 18.4 Å². The van der Waals surface area contributed by atoms with E-state index in [-0.39, 0.29) is 32.5 Å². The van der Waals surface area contributed by atoms with Gasteiger partial charge in [0.2, 0.25) is 5.91 Å². The van der Waals surface area contributed by atoms with Crippen molar-refractivity contribution in [2.24, 2.45) is 11.1 Å². The van der Waals surface area contributed by atoms with Gasteiger partial charge in [-0.05, 0) is 12.8 Å². The molecule has 0 aliphatic rings. The number of aliphatic hydroxyl groups is 1. The molecular formula is C16H27F2N3O8. The molecule has 7 N–H and O–H groups in total. The minimum atomic E-state index is -3.28. The van der Waals surface area contributed by atoms with Crippen LogP contribution in [-0.4, -0.2) is 77.0 Å². The second kappa shape index (κ2) is 11.5. The number of ether oxygens (including phenoxy) is 1. The van der Waals surface area contributed by atoms with Crippen LogP contribution in [0.4, 0.5) is 13.6 Å². The monoisotopic (exact) mass is 427 g/mol. The highest BCUT2D eigenvalue weighted by molar-refractivity contribution is 5.82. The lowest BCUT2D eigenvalue weighted by molar-refractivity contribution is -0.150. The number of aliphatic hydroxyl groups excluding tert-OH is 1. The first-order valence-corrected chi connectivity index (χ1v) is 8.62. The number of hydrogen-bond donors (Lipinski definition) is 6. The van der Waals surface area contributed by atoms with Crippen LogP contribution in [0.15, 0.2) is 0 Å². The maximum atomic E-state index is 12.7. The van der Waals surface area contributed by atoms with Gasteiger partial charge in [-0.1, -0.05) is 13.8 Å². The topological polar surface area (TPSA) is 188 Å². The van der Waals surface area contributed by atoms with Crippen LogP contribution in [0.25, 0.3) is 0 Å². The van der Waals surface area contributed by atoms with Crippen LogP contribution in [0.3, 0.4) is 0 Å². The van der Waals surface area contributed by atoms with Crippen LogP contribution < -0.4 is 16.4 Å². The van der Waals surface area contributed by atoms with Crippen molar-refractivity contribution in [1.29, 1.82) is 0 Å². The van der Waals surface area contributed by atoms with Gasteiger partial charge >= 0.3 is 18.0 Å². The molecule has 0 aromatic rings. The molecule has 29 heavy (non-hydrogen) atoms. The molecule has 0 rings (SSSR count). The number of alkyl carbamates (subject to hydrolysis) is 1. The Labute approximate surface area is 165 Å². The van der Waals surface area contributed by atoms with Crippen LogP contribution in [-0.2, 0) is 19.1 Å². The second-order valence-electron chi connectivity index (χ2n) is 7.08. The normalized spacial score (nSPS) is 14.6. The van der Waals surface area contributed by atoms with Crippen LogP contribution >= 0.6 is 0 Å². The molecule has 0 saturated carbocycles. The number of carbonyl (C=O) groups excluding carboxylic acids is 2. The van der Waals surface area contributed by atoms with E-state index >= 15 is 0 Å². The summed E-state index contributed by atoms with van der Waals surface area (Å²) < 4.78 is 30.3. The quantitative estimate of drug-likeness (QED) is 0.211. The number of nitrogens with two attached hydrogens (primary N) is 1. The molecule has 2 amide bonds. The summed E-state index contributed by atoms with van der Waals surface area (Å²) >= 11 is 0. The summed E-state index contributed by atoms with van der Waals surface area (Å²) in [5, 5.41) is 31.7. The van der Waals surface area contributed by atoms with Crippen LogP contribution in [0.5, 0.6) is 0 Å². The minimum Gasteiger partial charge on any atom is -0.481 e. The second-order valence-corrected chi connectivity index (χ2v) is 7.08. The molecular weight excluding hydrogens is 400 g/mol. The number of carboxylic acid groups (broad SMARTS) is 2. The Kier molecular flexibility index (Phi) is 10.5. The van der Waals surface area contributed by atoms with Gasteiger partial charge in [0.1, 0.15) is 12.7 Å². The number of amides is 2. The first-order chi connectivity index (χ1) is 13.2. The maximum Gasteiger partial charge on any atom is 0.407 e. The fourth-order valence-electron chi connectivity index (χ4n) is 2.01. The Morgan fingerprint density at radius 1 is 1.10 bits per heavy atom. The van der Waals surface area contributed by atoms with Crippen LogP contribution in [0, 0.1) is 5.41 Å². The number of hydrogen-bond acceptors (Lipinski definition) is 7. The third-order valence-corrected chi connectivity index (χ3v) is 4.03. The van der Waals surface area contributed by atoms with Crippen molar-refractivity contribution < 1.29 is 48.0 Å². The average molecular weight is 427 g/mol. The Morgan fingerprint density at radius 3 is 2.17 bits per heavy atom. The molecule has 0 bridgehead atoms. The number of aliphatic carboxylic acids is 2. The van der Waals surface area contributed by atoms with Crippen molar-refractivity contribution in [1.82, 2.24) is 10.6 Å². The van der Waals surface area contributed by atoms with E-state index in [4.69, 9.17) is 20.7 Å². The lowest BCUT2D eigenvalue weighted by Gasteiger charge is -2.29. The molecule has 0 spiro atoms. The molecule has 0 aliphatic carbocycles. The number of alkyl halides is 2. The van der Waals surface area contributed by atoms with Crippen LogP contribution in [0.2, 0.25) is 0 Å². The fourth-order valence-corrected chi connectivity index (χ4v) is 2.01. The lowest BCUT2D eigenvalue weighted by Crippen LogP contribution is -2.54. The van der Waals surface area contributed by atoms with Crippen molar-refractivity contribution in [3.05, 3.63) is 0 Å². The Hall–Kier alpha value is -2.54. The molecule has 0 heterocycles. The number of carbonyl (C=O) groups is 4. The van der Waals surface area contributed by atoms with Gasteiger partial charge in [-0.3, -0.25) is 9.59 Å². The standard InChI is InChI=1S/C16H27F2N3O8/c1-15(2,10(24)11(25)20-7-4-9(22)23)8-29-14(28)21-6-3-5-16(19,12(17)18)13(26)27/h10,12,24H,3-8,19H2,1-2H3,(H,20,25)(H,21,28)(H,22,23)(H,26,27). The van der Waals surface area contributed by atoms with Gasteiger partial charge in [-0.2, -0.15) is 0 Å². The largest absolute Gasteiger partial charge is 0.481 e. The number of rotatable bonds is 13. The zero-order chi connectivity index (χ0) is 22.8. The van der Waals surface area contributed by atoms with E-state index in [9.17, 15) is 33.1 Å². The van der Waals surface area contributed by atoms with E-state index in [1.54, 1.807) is 0 Å². The number of nitrogens with one attached hydrogen (secondary N) is 2. The van der Waals surface area contributed by atoms with E-state index < -0.39 is 53.8 Å². The Morgan fingerprint density at radius 2 is 1.69 bits per heavy atom. The number of carboxylic acids is 2. The summed E-state index contributed by atoms with van der Waals surface area (Å²) in [4.78, 5) is 44.7. The highest BCUT2D eigenvalue weighted by atomic mass is 19.3. The molecule has 13 heteroatoms. The molecule has 0 fully saturated rings. The summed E-state index contributed by atoms with van der Waals surface area (Å²) in [6, 6.07) is 0. The lowest BCUT2D eigenvalue weighted by atomic mass is 9.87. The van der Waals surface area contributed by atoms with Crippen molar-refractivity contribution in [3.63, 3.8) is 0 Å². The van der Waals surface area contributed by atoms with E-state index in [1.165, 1.54) is 13.8 Å². The fraction of sp³-hybridized carbons (Fsp3) is 0.750. The summed E-state index contributed by atoms with van der Waals surface area (Å²) in [7, 11) is 0. The average Bonchev–Trinajstić information content (AvgIpc) is 2.61. The SMILES string of the molecule is CC(C)(COC(=O)NCCCC(N)(C(=O)O)C(F)F)C(O)C(=O)NCCC(=O)O. The maximum absolute atomic E-state index is 12.7.